The van der Waals surface area contributed by atoms with Crippen LogP contribution in [0, 0.1) is 11.3 Å². The zero-order valence-corrected chi connectivity index (χ0v) is 15.1. The van der Waals surface area contributed by atoms with Crippen molar-refractivity contribution >= 4 is 10.9 Å². The largest absolute Gasteiger partial charge is 0.311 e. The van der Waals surface area contributed by atoms with Crippen molar-refractivity contribution < 1.29 is 0 Å². The number of pyridine rings is 1. The number of hydrogen-bond donors (Lipinski definition) is 0. The number of fused-ring (bicyclic) bond motifs is 1. The van der Waals surface area contributed by atoms with Crippen LogP contribution in [-0.4, -0.2) is 14.3 Å². The molecule has 0 unspecified atom stereocenters. The Morgan fingerprint density at radius 3 is 2.50 bits per heavy atom. The second-order valence-electron chi connectivity index (χ2n) is 6.17. The van der Waals surface area contributed by atoms with Crippen LogP contribution in [0.1, 0.15) is 36.2 Å². The Kier molecular flexibility index (Phi) is 4.72. The Hall–Kier alpha value is -3.20. The van der Waals surface area contributed by atoms with E-state index in [-0.39, 0.29) is 17.7 Å². The molecule has 6 nitrogen and oxygen atoms in total. The van der Waals surface area contributed by atoms with Crippen LogP contribution in [0.15, 0.2) is 39.9 Å². The van der Waals surface area contributed by atoms with Gasteiger partial charge in [0.25, 0.3) is 11.1 Å². The fraction of sp³-hybridized carbons (Fsp3) is 0.300. The molecule has 0 aliphatic carbocycles. The van der Waals surface area contributed by atoms with E-state index in [1.807, 2.05) is 44.2 Å². The molecule has 3 rings (SSSR count). The van der Waals surface area contributed by atoms with Gasteiger partial charge in [-0.25, -0.2) is 4.68 Å². The van der Waals surface area contributed by atoms with Gasteiger partial charge in [0, 0.05) is 12.6 Å². The quantitative estimate of drug-likeness (QED) is 0.723. The SMILES string of the molecule is CCc1nn(Cc2cc3ccccc3n(C)c2=O)c(=O)c(C#N)c1CC. The Morgan fingerprint density at radius 1 is 1.12 bits per heavy atom. The van der Waals surface area contributed by atoms with Gasteiger partial charge in [-0.15, -0.1) is 0 Å². The number of rotatable bonds is 4. The zero-order valence-electron chi connectivity index (χ0n) is 15.1. The van der Waals surface area contributed by atoms with E-state index < -0.39 is 5.56 Å². The van der Waals surface area contributed by atoms with Gasteiger partial charge in [-0.2, -0.15) is 10.4 Å². The monoisotopic (exact) mass is 348 g/mol. The number of para-hydroxylation sites is 1. The predicted octanol–water partition coefficient (Wildman–Crippen LogP) is 2.14. The number of aromatic nitrogens is 3. The Balaban J connectivity index is 2.20. The van der Waals surface area contributed by atoms with Crippen LogP contribution in [0.3, 0.4) is 0 Å². The molecule has 1 aromatic carbocycles. The van der Waals surface area contributed by atoms with Crippen molar-refractivity contribution in [3.05, 3.63) is 73.4 Å². The molecule has 0 saturated heterocycles. The Bertz CT molecular complexity index is 1150. The molecule has 0 N–H and O–H groups in total. The number of aryl methyl sites for hydroxylation is 2. The van der Waals surface area contributed by atoms with Gasteiger partial charge in [-0.3, -0.25) is 9.59 Å². The van der Waals surface area contributed by atoms with Gasteiger partial charge in [0.15, 0.2) is 0 Å². The van der Waals surface area contributed by atoms with Gasteiger partial charge in [0.05, 0.1) is 17.8 Å². The van der Waals surface area contributed by atoms with Gasteiger partial charge in [0.1, 0.15) is 11.6 Å². The number of nitrogens with zero attached hydrogens (tertiary/aromatic N) is 4. The predicted molar refractivity (Wildman–Crippen MR) is 100 cm³/mol. The summed E-state index contributed by atoms with van der Waals surface area (Å²) < 4.78 is 2.81. The van der Waals surface area contributed by atoms with Crippen LogP contribution < -0.4 is 11.1 Å². The summed E-state index contributed by atoms with van der Waals surface area (Å²) in [7, 11) is 1.71. The summed E-state index contributed by atoms with van der Waals surface area (Å²) in [4.78, 5) is 25.4. The van der Waals surface area contributed by atoms with E-state index in [2.05, 4.69) is 5.10 Å². The molecular weight excluding hydrogens is 328 g/mol. The molecule has 2 heterocycles. The van der Waals surface area contributed by atoms with Crippen molar-refractivity contribution in [3.8, 4) is 6.07 Å². The highest BCUT2D eigenvalue weighted by atomic mass is 16.1. The van der Waals surface area contributed by atoms with Crippen molar-refractivity contribution in [1.82, 2.24) is 14.3 Å². The fourth-order valence-corrected chi connectivity index (χ4v) is 3.31. The minimum atomic E-state index is -0.447. The highest BCUT2D eigenvalue weighted by Crippen LogP contribution is 2.14. The van der Waals surface area contributed by atoms with Gasteiger partial charge in [-0.05, 0) is 35.9 Å². The highest BCUT2D eigenvalue weighted by molar-refractivity contribution is 5.79. The molecule has 0 aliphatic rings. The number of nitriles is 1. The summed E-state index contributed by atoms with van der Waals surface area (Å²) in [5.41, 5.74) is 2.22. The molecule has 6 heteroatoms. The average molecular weight is 348 g/mol. The summed E-state index contributed by atoms with van der Waals surface area (Å²) in [6.45, 7) is 3.88. The van der Waals surface area contributed by atoms with E-state index >= 15 is 0 Å². The van der Waals surface area contributed by atoms with Gasteiger partial charge < -0.3 is 4.57 Å². The number of benzene rings is 1. The normalized spacial score (nSPS) is 10.8. The zero-order chi connectivity index (χ0) is 18.8. The lowest BCUT2D eigenvalue weighted by molar-refractivity contribution is 0.606. The number of hydrogen-bond acceptors (Lipinski definition) is 4. The smallest absolute Gasteiger partial charge is 0.285 e. The molecule has 0 fully saturated rings. The fourth-order valence-electron chi connectivity index (χ4n) is 3.31. The Morgan fingerprint density at radius 2 is 1.85 bits per heavy atom. The molecule has 0 aliphatic heterocycles. The lowest BCUT2D eigenvalue weighted by atomic mass is 10.0. The van der Waals surface area contributed by atoms with E-state index in [9.17, 15) is 14.9 Å². The van der Waals surface area contributed by atoms with Crippen molar-refractivity contribution in [2.75, 3.05) is 0 Å². The first-order valence-electron chi connectivity index (χ1n) is 8.62. The van der Waals surface area contributed by atoms with Crippen molar-refractivity contribution in [2.45, 2.75) is 33.2 Å². The maximum atomic E-state index is 12.7. The summed E-state index contributed by atoms with van der Waals surface area (Å²) in [6, 6.07) is 11.4. The topological polar surface area (TPSA) is 80.7 Å². The van der Waals surface area contributed by atoms with Gasteiger partial charge in [0.2, 0.25) is 0 Å². The van der Waals surface area contributed by atoms with E-state index in [1.54, 1.807) is 17.7 Å². The second kappa shape index (κ2) is 6.96. The molecule has 0 spiro atoms. The molecule has 0 bridgehead atoms. The van der Waals surface area contributed by atoms with Crippen LogP contribution in [0.4, 0.5) is 0 Å². The summed E-state index contributed by atoms with van der Waals surface area (Å²) in [5, 5.41) is 14.8. The standard InChI is InChI=1S/C20H20N4O2/c1-4-15-16(11-21)20(26)24(22-17(15)5-2)12-14-10-13-8-6-7-9-18(13)23(3)19(14)25/h6-10H,4-5,12H2,1-3H3. The lowest BCUT2D eigenvalue weighted by Gasteiger charge is -2.13. The highest BCUT2D eigenvalue weighted by Gasteiger charge is 2.16. The van der Waals surface area contributed by atoms with Crippen LogP contribution in [0.5, 0.6) is 0 Å². The molecule has 0 radical (unpaired) electrons. The van der Waals surface area contributed by atoms with Crippen molar-refractivity contribution in [1.29, 1.82) is 5.26 Å². The molecule has 0 saturated carbocycles. The first-order chi connectivity index (χ1) is 12.5. The van der Waals surface area contributed by atoms with Crippen LogP contribution in [-0.2, 0) is 26.4 Å². The molecule has 132 valence electrons. The third-order valence-electron chi connectivity index (χ3n) is 4.67. The van der Waals surface area contributed by atoms with E-state index in [0.29, 0.717) is 24.0 Å². The summed E-state index contributed by atoms with van der Waals surface area (Å²) >= 11 is 0. The second-order valence-corrected chi connectivity index (χ2v) is 6.17. The maximum absolute atomic E-state index is 12.7. The third kappa shape index (κ3) is 2.82. The van der Waals surface area contributed by atoms with Crippen LogP contribution in [0.2, 0.25) is 0 Å². The molecular formula is C20H20N4O2. The molecule has 0 atom stereocenters. The van der Waals surface area contributed by atoms with Gasteiger partial charge >= 0.3 is 0 Å². The average Bonchev–Trinajstić information content (AvgIpc) is 2.66. The van der Waals surface area contributed by atoms with Gasteiger partial charge in [-0.1, -0.05) is 32.0 Å². The maximum Gasteiger partial charge on any atom is 0.285 e. The van der Waals surface area contributed by atoms with E-state index in [4.69, 9.17) is 0 Å². The van der Waals surface area contributed by atoms with Crippen LogP contribution >= 0.6 is 0 Å². The first-order valence-corrected chi connectivity index (χ1v) is 8.62. The third-order valence-corrected chi connectivity index (χ3v) is 4.67. The van der Waals surface area contributed by atoms with Crippen molar-refractivity contribution in [3.63, 3.8) is 0 Å². The van der Waals surface area contributed by atoms with E-state index in [1.165, 1.54) is 4.68 Å². The first kappa shape index (κ1) is 17.6. The lowest BCUT2D eigenvalue weighted by Crippen LogP contribution is -2.32. The molecule has 26 heavy (non-hydrogen) atoms. The summed E-state index contributed by atoms with van der Waals surface area (Å²) in [6.07, 6.45) is 1.20. The van der Waals surface area contributed by atoms with E-state index in [0.717, 1.165) is 16.6 Å². The van der Waals surface area contributed by atoms with Crippen molar-refractivity contribution in [2.24, 2.45) is 7.05 Å². The molecule has 3 aromatic rings. The minimum Gasteiger partial charge on any atom is -0.311 e. The Labute approximate surface area is 150 Å². The molecule has 0 amide bonds. The summed E-state index contributed by atoms with van der Waals surface area (Å²) in [5.74, 6) is 0. The van der Waals surface area contributed by atoms with Crippen LogP contribution in [0.25, 0.3) is 10.9 Å². The molecule has 2 aromatic heterocycles. The minimum absolute atomic E-state index is 0.0437.